The van der Waals surface area contributed by atoms with Gasteiger partial charge in [0.15, 0.2) is 0 Å². The number of nitrogens with zero attached hydrogens (tertiary/aromatic N) is 2. The summed E-state index contributed by atoms with van der Waals surface area (Å²) < 4.78 is 0. The summed E-state index contributed by atoms with van der Waals surface area (Å²) in [5.41, 5.74) is 1.17. The molecular formula is C14H23N3. The second kappa shape index (κ2) is 6.10. The monoisotopic (exact) mass is 233 g/mol. The van der Waals surface area contributed by atoms with Crippen LogP contribution < -0.4 is 5.32 Å². The standard InChI is InChI=1S/C14H23N3/c1-11(2)13-6-9-16-14(17-13)10-12-4-3-7-15-8-5-12/h6,9,11-12,15H,3-5,7-8,10H2,1-2H3. The van der Waals surface area contributed by atoms with E-state index in [0.29, 0.717) is 5.92 Å². The molecule has 0 aromatic carbocycles. The molecule has 3 heteroatoms. The highest BCUT2D eigenvalue weighted by Crippen LogP contribution is 2.18. The van der Waals surface area contributed by atoms with Crippen LogP contribution in [-0.2, 0) is 6.42 Å². The Hall–Kier alpha value is -0.960. The zero-order valence-electron chi connectivity index (χ0n) is 10.9. The molecule has 0 radical (unpaired) electrons. The SMILES string of the molecule is CC(C)c1ccnc(CC2CCCNCC2)n1. The highest BCUT2D eigenvalue weighted by molar-refractivity contribution is 5.06. The second-order valence-corrected chi connectivity index (χ2v) is 5.30. The van der Waals surface area contributed by atoms with E-state index in [2.05, 4.69) is 29.1 Å². The van der Waals surface area contributed by atoms with E-state index in [-0.39, 0.29) is 0 Å². The molecule has 0 spiro atoms. The number of nitrogens with one attached hydrogen (secondary N) is 1. The van der Waals surface area contributed by atoms with Gasteiger partial charge in [-0.15, -0.1) is 0 Å². The Balaban J connectivity index is 1.99. The van der Waals surface area contributed by atoms with E-state index in [0.717, 1.165) is 24.7 Å². The van der Waals surface area contributed by atoms with Crippen molar-refractivity contribution in [2.75, 3.05) is 13.1 Å². The Morgan fingerprint density at radius 1 is 1.35 bits per heavy atom. The van der Waals surface area contributed by atoms with E-state index in [9.17, 15) is 0 Å². The third-order valence-electron chi connectivity index (χ3n) is 3.49. The van der Waals surface area contributed by atoms with Crippen LogP contribution in [0.1, 0.15) is 50.5 Å². The summed E-state index contributed by atoms with van der Waals surface area (Å²) in [4.78, 5) is 9.08. The Morgan fingerprint density at radius 3 is 3.06 bits per heavy atom. The lowest BCUT2D eigenvalue weighted by Gasteiger charge is -2.13. The van der Waals surface area contributed by atoms with Gasteiger partial charge in [-0.1, -0.05) is 13.8 Å². The number of hydrogen-bond acceptors (Lipinski definition) is 3. The van der Waals surface area contributed by atoms with Gasteiger partial charge in [0.1, 0.15) is 5.82 Å². The van der Waals surface area contributed by atoms with Gasteiger partial charge in [0.05, 0.1) is 0 Å². The molecule has 94 valence electrons. The second-order valence-electron chi connectivity index (χ2n) is 5.30. The van der Waals surface area contributed by atoms with Crippen molar-refractivity contribution >= 4 is 0 Å². The molecule has 1 atom stereocenters. The molecule has 2 rings (SSSR count). The smallest absolute Gasteiger partial charge is 0.128 e. The zero-order chi connectivity index (χ0) is 12.1. The molecule has 1 aliphatic heterocycles. The lowest BCUT2D eigenvalue weighted by atomic mass is 9.96. The van der Waals surface area contributed by atoms with Crippen molar-refractivity contribution < 1.29 is 0 Å². The van der Waals surface area contributed by atoms with Crippen molar-refractivity contribution in [2.24, 2.45) is 5.92 Å². The highest BCUT2D eigenvalue weighted by Gasteiger charge is 2.14. The van der Waals surface area contributed by atoms with E-state index in [1.807, 2.05) is 12.3 Å². The first kappa shape index (κ1) is 12.5. The predicted octanol–water partition coefficient (Wildman–Crippen LogP) is 2.53. The quantitative estimate of drug-likeness (QED) is 0.871. The van der Waals surface area contributed by atoms with Gasteiger partial charge >= 0.3 is 0 Å². The average Bonchev–Trinajstić information content (AvgIpc) is 2.58. The Kier molecular flexibility index (Phi) is 4.49. The molecule has 0 amide bonds. The zero-order valence-corrected chi connectivity index (χ0v) is 10.9. The van der Waals surface area contributed by atoms with Crippen molar-refractivity contribution in [3.05, 3.63) is 23.8 Å². The summed E-state index contributed by atoms with van der Waals surface area (Å²) in [5.74, 6) is 2.28. The van der Waals surface area contributed by atoms with Crippen LogP contribution in [0.15, 0.2) is 12.3 Å². The molecule has 1 fully saturated rings. The van der Waals surface area contributed by atoms with Crippen LogP contribution in [0.2, 0.25) is 0 Å². The molecule has 1 unspecified atom stereocenters. The maximum atomic E-state index is 4.67. The van der Waals surface area contributed by atoms with E-state index in [1.54, 1.807) is 0 Å². The van der Waals surface area contributed by atoms with Gasteiger partial charge < -0.3 is 5.32 Å². The molecule has 1 aliphatic rings. The average molecular weight is 233 g/mol. The van der Waals surface area contributed by atoms with Crippen LogP contribution in [0.5, 0.6) is 0 Å². The Morgan fingerprint density at radius 2 is 2.24 bits per heavy atom. The van der Waals surface area contributed by atoms with Gasteiger partial charge in [-0.25, -0.2) is 9.97 Å². The minimum Gasteiger partial charge on any atom is -0.317 e. The summed E-state index contributed by atoms with van der Waals surface area (Å²) in [5, 5.41) is 3.45. The normalized spacial score (nSPS) is 21.5. The van der Waals surface area contributed by atoms with E-state index in [1.165, 1.54) is 31.5 Å². The van der Waals surface area contributed by atoms with Crippen LogP contribution in [0.25, 0.3) is 0 Å². The molecule has 0 bridgehead atoms. The Bertz CT molecular complexity index is 341. The fourth-order valence-electron chi connectivity index (χ4n) is 2.39. The maximum absolute atomic E-state index is 4.67. The van der Waals surface area contributed by atoms with Gasteiger partial charge in [0.25, 0.3) is 0 Å². The topological polar surface area (TPSA) is 37.8 Å². The van der Waals surface area contributed by atoms with Gasteiger partial charge in [0, 0.05) is 18.3 Å². The van der Waals surface area contributed by atoms with Gasteiger partial charge in [-0.05, 0) is 50.3 Å². The van der Waals surface area contributed by atoms with Crippen LogP contribution >= 0.6 is 0 Å². The fraction of sp³-hybridized carbons (Fsp3) is 0.714. The first-order chi connectivity index (χ1) is 8.25. The van der Waals surface area contributed by atoms with Crippen LogP contribution in [-0.4, -0.2) is 23.1 Å². The van der Waals surface area contributed by atoms with E-state index >= 15 is 0 Å². The van der Waals surface area contributed by atoms with E-state index in [4.69, 9.17) is 0 Å². The molecule has 17 heavy (non-hydrogen) atoms. The molecule has 0 saturated carbocycles. The van der Waals surface area contributed by atoms with E-state index < -0.39 is 0 Å². The maximum Gasteiger partial charge on any atom is 0.128 e. The van der Waals surface area contributed by atoms with Crippen LogP contribution in [0.4, 0.5) is 0 Å². The molecule has 2 heterocycles. The lowest BCUT2D eigenvalue weighted by Crippen LogP contribution is -2.15. The van der Waals surface area contributed by atoms with Gasteiger partial charge in [0.2, 0.25) is 0 Å². The predicted molar refractivity (Wildman–Crippen MR) is 70.0 cm³/mol. The third kappa shape index (κ3) is 3.77. The molecule has 1 N–H and O–H groups in total. The molecule has 1 aromatic rings. The van der Waals surface area contributed by atoms with Gasteiger partial charge in [-0.3, -0.25) is 0 Å². The summed E-state index contributed by atoms with van der Waals surface area (Å²) >= 11 is 0. The van der Waals surface area contributed by atoms with Crippen molar-refractivity contribution in [1.29, 1.82) is 0 Å². The summed E-state index contributed by atoms with van der Waals surface area (Å²) in [6, 6.07) is 2.03. The van der Waals surface area contributed by atoms with Crippen molar-refractivity contribution in [1.82, 2.24) is 15.3 Å². The number of rotatable bonds is 3. The van der Waals surface area contributed by atoms with Crippen molar-refractivity contribution in [2.45, 2.75) is 45.4 Å². The number of aromatic nitrogens is 2. The first-order valence-corrected chi connectivity index (χ1v) is 6.78. The van der Waals surface area contributed by atoms with Crippen LogP contribution in [0.3, 0.4) is 0 Å². The third-order valence-corrected chi connectivity index (χ3v) is 3.49. The molecule has 0 aliphatic carbocycles. The number of hydrogen-bond donors (Lipinski definition) is 1. The largest absolute Gasteiger partial charge is 0.317 e. The highest BCUT2D eigenvalue weighted by atomic mass is 14.9. The van der Waals surface area contributed by atoms with Gasteiger partial charge in [-0.2, -0.15) is 0 Å². The van der Waals surface area contributed by atoms with Crippen LogP contribution in [0, 0.1) is 5.92 Å². The minimum atomic E-state index is 0.493. The molecule has 1 saturated heterocycles. The summed E-state index contributed by atoms with van der Waals surface area (Å²) in [6.07, 6.45) is 6.81. The summed E-state index contributed by atoms with van der Waals surface area (Å²) in [7, 11) is 0. The summed E-state index contributed by atoms with van der Waals surface area (Å²) in [6.45, 7) is 6.68. The minimum absolute atomic E-state index is 0.493. The molecule has 1 aromatic heterocycles. The Labute approximate surface area is 104 Å². The molecular weight excluding hydrogens is 210 g/mol. The van der Waals surface area contributed by atoms with Crippen molar-refractivity contribution in [3.8, 4) is 0 Å². The molecule has 3 nitrogen and oxygen atoms in total. The van der Waals surface area contributed by atoms with Crippen molar-refractivity contribution in [3.63, 3.8) is 0 Å². The first-order valence-electron chi connectivity index (χ1n) is 6.78. The lowest BCUT2D eigenvalue weighted by molar-refractivity contribution is 0.458. The fourth-order valence-corrected chi connectivity index (χ4v) is 2.39.